The first-order valence-electron chi connectivity index (χ1n) is 6.58. The second-order valence-corrected chi connectivity index (χ2v) is 4.92. The molecule has 0 bridgehead atoms. The van der Waals surface area contributed by atoms with Crippen LogP contribution in [0.4, 0.5) is 5.82 Å². The molecular weight excluding hydrogens is 240 g/mol. The topological polar surface area (TPSA) is 66.0 Å². The SMILES string of the molecule is Cn1nc(C2CCCOC2)c(-c2ccncc2)c1N. The number of aryl methyl sites for hydroxylation is 1. The molecule has 1 saturated heterocycles. The van der Waals surface area contributed by atoms with Gasteiger partial charge >= 0.3 is 0 Å². The van der Waals surface area contributed by atoms with Crippen molar-refractivity contribution in [2.75, 3.05) is 18.9 Å². The Hall–Kier alpha value is -1.88. The van der Waals surface area contributed by atoms with Gasteiger partial charge in [-0.15, -0.1) is 0 Å². The zero-order chi connectivity index (χ0) is 13.2. The fourth-order valence-electron chi connectivity index (χ4n) is 2.61. The van der Waals surface area contributed by atoms with Crippen molar-refractivity contribution in [2.45, 2.75) is 18.8 Å². The average Bonchev–Trinajstić information content (AvgIpc) is 2.77. The fraction of sp³-hybridized carbons (Fsp3) is 0.429. The first-order chi connectivity index (χ1) is 9.27. The summed E-state index contributed by atoms with van der Waals surface area (Å²) >= 11 is 0. The summed E-state index contributed by atoms with van der Waals surface area (Å²) in [6.45, 7) is 1.58. The molecule has 2 aromatic rings. The second kappa shape index (κ2) is 5.01. The molecule has 3 heterocycles. The minimum Gasteiger partial charge on any atom is -0.383 e. The molecule has 0 radical (unpaired) electrons. The molecule has 2 aromatic heterocycles. The molecule has 0 aliphatic carbocycles. The number of anilines is 1. The Bertz CT molecular complexity index is 558. The van der Waals surface area contributed by atoms with Gasteiger partial charge in [0.25, 0.3) is 0 Å². The number of pyridine rings is 1. The fourth-order valence-corrected chi connectivity index (χ4v) is 2.61. The minimum absolute atomic E-state index is 0.334. The maximum absolute atomic E-state index is 6.18. The van der Waals surface area contributed by atoms with Crippen LogP contribution in [0.2, 0.25) is 0 Å². The summed E-state index contributed by atoms with van der Waals surface area (Å²) < 4.78 is 7.32. The van der Waals surface area contributed by atoms with E-state index in [-0.39, 0.29) is 0 Å². The summed E-state index contributed by atoms with van der Waals surface area (Å²) in [5.41, 5.74) is 9.33. The molecule has 1 unspecified atom stereocenters. The maximum atomic E-state index is 6.18. The van der Waals surface area contributed by atoms with Crippen LogP contribution in [-0.2, 0) is 11.8 Å². The van der Waals surface area contributed by atoms with E-state index in [9.17, 15) is 0 Å². The van der Waals surface area contributed by atoms with Gasteiger partial charge in [0.1, 0.15) is 5.82 Å². The lowest BCUT2D eigenvalue weighted by atomic mass is 9.93. The maximum Gasteiger partial charge on any atom is 0.129 e. The molecule has 1 aliphatic rings. The van der Waals surface area contributed by atoms with Crippen LogP contribution in [0.3, 0.4) is 0 Å². The molecule has 0 amide bonds. The number of nitrogen functional groups attached to an aromatic ring is 1. The number of ether oxygens (including phenoxy) is 1. The van der Waals surface area contributed by atoms with Gasteiger partial charge in [0, 0.05) is 37.5 Å². The van der Waals surface area contributed by atoms with E-state index in [4.69, 9.17) is 10.5 Å². The van der Waals surface area contributed by atoms with Crippen molar-refractivity contribution in [2.24, 2.45) is 7.05 Å². The molecule has 0 saturated carbocycles. The smallest absolute Gasteiger partial charge is 0.129 e. The Morgan fingerprint density at radius 3 is 2.84 bits per heavy atom. The van der Waals surface area contributed by atoms with Crippen molar-refractivity contribution in [1.82, 2.24) is 14.8 Å². The average molecular weight is 258 g/mol. The molecule has 0 spiro atoms. The van der Waals surface area contributed by atoms with Gasteiger partial charge < -0.3 is 10.5 Å². The van der Waals surface area contributed by atoms with Crippen LogP contribution < -0.4 is 5.73 Å². The third-order valence-electron chi connectivity index (χ3n) is 3.63. The van der Waals surface area contributed by atoms with Crippen molar-refractivity contribution in [3.63, 3.8) is 0 Å². The molecule has 1 atom stereocenters. The molecule has 100 valence electrons. The number of aromatic nitrogens is 3. The Morgan fingerprint density at radius 2 is 2.16 bits per heavy atom. The van der Waals surface area contributed by atoms with Crippen LogP contribution in [0.5, 0.6) is 0 Å². The van der Waals surface area contributed by atoms with Gasteiger partial charge in [-0.3, -0.25) is 9.67 Å². The number of hydrogen-bond donors (Lipinski definition) is 1. The standard InChI is InChI=1S/C14H18N4O/c1-18-14(15)12(10-4-6-16-7-5-10)13(17-18)11-3-2-8-19-9-11/h4-7,11H,2-3,8-9,15H2,1H3. The number of nitrogens with zero attached hydrogens (tertiary/aromatic N) is 3. The van der Waals surface area contributed by atoms with Gasteiger partial charge in [0.05, 0.1) is 12.3 Å². The van der Waals surface area contributed by atoms with Crippen LogP contribution in [0, 0.1) is 0 Å². The van der Waals surface area contributed by atoms with Gasteiger partial charge in [-0.05, 0) is 30.5 Å². The van der Waals surface area contributed by atoms with Gasteiger partial charge in [-0.1, -0.05) is 0 Å². The molecule has 1 aliphatic heterocycles. The first kappa shape index (κ1) is 12.2. The molecule has 3 rings (SSSR count). The lowest BCUT2D eigenvalue weighted by molar-refractivity contribution is 0.0793. The Labute approximate surface area is 112 Å². The van der Waals surface area contributed by atoms with Crippen molar-refractivity contribution >= 4 is 5.82 Å². The van der Waals surface area contributed by atoms with E-state index in [1.807, 2.05) is 19.2 Å². The summed E-state index contributed by atoms with van der Waals surface area (Å²) in [7, 11) is 1.88. The molecule has 1 fully saturated rings. The third-order valence-corrected chi connectivity index (χ3v) is 3.63. The Balaban J connectivity index is 2.07. The monoisotopic (exact) mass is 258 g/mol. The molecule has 0 aromatic carbocycles. The van der Waals surface area contributed by atoms with Gasteiger partial charge in [0.15, 0.2) is 0 Å². The first-order valence-corrected chi connectivity index (χ1v) is 6.58. The minimum atomic E-state index is 0.334. The highest BCUT2D eigenvalue weighted by Gasteiger charge is 2.25. The van der Waals surface area contributed by atoms with Crippen molar-refractivity contribution in [1.29, 1.82) is 0 Å². The van der Waals surface area contributed by atoms with Crippen LogP contribution in [0.25, 0.3) is 11.1 Å². The van der Waals surface area contributed by atoms with E-state index in [2.05, 4.69) is 10.1 Å². The van der Waals surface area contributed by atoms with E-state index in [0.717, 1.165) is 42.9 Å². The lowest BCUT2D eigenvalue weighted by Crippen LogP contribution is -2.16. The third kappa shape index (κ3) is 2.21. The van der Waals surface area contributed by atoms with Gasteiger partial charge in [-0.2, -0.15) is 5.10 Å². The summed E-state index contributed by atoms with van der Waals surface area (Å²) in [5, 5.41) is 4.60. The summed E-state index contributed by atoms with van der Waals surface area (Å²) in [6.07, 6.45) is 5.75. The van der Waals surface area contributed by atoms with Crippen molar-refractivity contribution in [3.8, 4) is 11.1 Å². The van der Waals surface area contributed by atoms with Crippen LogP contribution >= 0.6 is 0 Å². The highest BCUT2D eigenvalue weighted by molar-refractivity contribution is 5.76. The molecule has 5 heteroatoms. The molecular formula is C14H18N4O. The lowest BCUT2D eigenvalue weighted by Gasteiger charge is -2.21. The summed E-state index contributed by atoms with van der Waals surface area (Å²) in [4.78, 5) is 4.06. The number of hydrogen-bond acceptors (Lipinski definition) is 4. The van der Waals surface area contributed by atoms with E-state index >= 15 is 0 Å². The van der Waals surface area contributed by atoms with E-state index in [0.29, 0.717) is 11.7 Å². The Kier molecular flexibility index (Phi) is 3.21. The highest BCUT2D eigenvalue weighted by Crippen LogP contribution is 2.36. The van der Waals surface area contributed by atoms with Crippen molar-refractivity contribution in [3.05, 3.63) is 30.2 Å². The van der Waals surface area contributed by atoms with E-state index < -0.39 is 0 Å². The normalized spacial score (nSPS) is 19.5. The molecule has 19 heavy (non-hydrogen) atoms. The van der Waals surface area contributed by atoms with Crippen LogP contribution in [0.1, 0.15) is 24.5 Å². The van der Waals surface area contributed by atoms with Crippen molar-refractivity contribution < 1.29 is 4.74 Å². The predicted octanol–water partition coefficient (Wildman–Crippen LogP) is 1.96. The van der Waals surface area contributed by atoms with Crippen LogP contribution in [0.15, 0.2) is 24.5 Å². The van der Waals surface area contributed by atoms with E-state index in [1.165, 1.54) is 0 Å². The highest BCUT2D eigenvalue weighted by atomic mass is 16.5. The second-order valence-electron chi connectivity index (χ2n) is 4.92. The van der Waals surface area contributed by atoms with Gasteiger partial charge in [0.2, 0.25) is 0 Å². The largest absolute Gasteiger partial charge is 0.383 e. The zero-order valence-electron chi connectivity index (χ0n) is 11.0. The molecule has 5 nitrogen and oxygen atoms in total. The van der Waals surface area contributed by atoms with Gasteiger partial charge in [-0.25, -0.2) is 0 Å². The molecule has 2 N–H and O–H groups in total. The number of nitrogens with two attached hydrogens (primary N) is 1. The zero-order valence-corrected chi connectivity index (χ0v) is 11.0. The Morgan fingerprint density at radius 1 is 1.37 bits per heavy atom. The van der Waals surface area contributed by atoms with E-state index in [1.54, 1.807) is 17.1 Å². The summed E-state index contributed by atoms with van der Waals surface area (Å²) in [5.74, 6) is 1.03. The quantitative estimate of drug-likeness (QED) is 0.894. The number of rotatable bonds is 2. The van der Waals surface area contributed by atoms with Crippen LogP contribution in [-0.4, -0.2) is 28.0 Å². The summed E-state index contributed by atoms with van der Waals surface area (Å²) in [6, 6.07) is 3.95. The predicted molar refractivity (Wildman–Crippen MR) is 73.6 cm³/mol.